The third-order valence-corrected chi connectivity index (χ3v) is 5.72. The molecule has 1 fully saturated rings. The first-order valence-corrected chi connectivity index (χ1v) is 9.82. The van der Waals surface area contributed by atoms with Crippen molar-refractivity contribution in [3.05, 3.63) is 36.3 Å². The Morgan fingerprint density at radius 3 is 2.50 bits per heavy atom. The van der Waals surface area contributed by atoms with Crippen molar-refractivity contribution in [2.24, 2.45) is 5.92 Å². The predicted molar refractivity (Wildman–Crippen MR) is 100.0 cm³/mol. The van der Waals surface area contributed by atoms with Crippen molar-refractivity contribution in [1.29, 1.82) is 0 Å². The van der Waals surface area contributed by atoms with E-state index in [0.29, 0.717) is 25.6 Å². The van der Waals surface area contributed by atoms with Gasteiger partial charge >= 0.3 is 6.18 Å². The molecule has 5 nitrogen and oxygen atoms in total. The largest absolute Gasteiger partial charge is 0.401 e. The Bertz CT molecular complexity index is 894. The average molecular weight is 413 g/mol. The van der Waals surface area contributed by atoms with Crippen LogP contribution in [-0.4, -0.2) is 51.9 Å². The van der Waals surface area contributed by atoms with Crippen LogP contribution in [0.1, 0.15) is 12.8 Å². The number of benzene rings is 1. The number of piperidine rings is 1. The number of imidazole rings is 1. The first kappa shape index (κ1) is 19.1. The van der Waals surface area contributed by atoms with E-state index < -0.39 is 12.7 Å². The maximum absolute atomic E-state index is 13.0. The molecule has 1 aromatic carbocycles. The Morgan fingerprint density at radius 1 is 1.14 bits per heavy atom. The van der Waals surface area contributed by atoms with E-state index in [-0.39, 0.29) is 5.82 Å². The predicted octanol–water partition coefficient (Wildman–Crippen LogP) is 4.28. The molecule has 3 aromatic rings. The van der Waals surface area contributed by atoms with Gasteiger partial charge in [-0.1, -0.05) is 11.3 Å². The second kappa shape index (κ2) is 7.67. The van der Waals surface area contributed by atoms with Gasteiger partial charge in [0.15, 0.2) is 0 Å². The monoisotopic (exact) mass is 413 g/mol. The second-order valence-electron chi connectivity index (χ2n) is 6.98. The molecular formula is C18H19F4N5S. The fraction of sp³-hybridized carbons (Fsp3) is 0.444. The highest BCUT2D eigenvalue weighted by molar-refractivity contribution is 7.20. The van der Waals surface area contributed by atoms with Crippen LogP contribution in [0.15, 0.2) is 30.5 Å². The Balaban J connectivity index is 1.31. The lowest BCUT2D eigenvalue weighted by molar-refractivity contribution is -0.148. The summed E-state index contributed by atoms with van der Waals surface area (Å²) in [7, 11) is 0. The maximum atomic E-state index is 13.0. The zero-order valence-electron chi connectivity index (χ0n) is 14.9. The number of hydrogen-bond donors (Lipinski definition) is 1. The standard InChI is InChI=1S/C18H19F4N5S/c19-14-3-1-13(2-4-14)15-10-27-17(24-15)28-16(25-27)23-9-12-5-7-26(8-6-12)11-18(20,21)22/h1-4,10,12H,5-9,11H2,(H,23,25). The Morgan fingerprint density at radius 2 is 1.86 bits per heavy atom. The van der Waals surface area contributed by atoms with Gasteiger partial charge in [-0.2, -0.15) is 13.2 Å². The number of alkyl halides is 3. The van der Waals surface area contributed by atoms with Gasteiger partial charge in [-0.3, -0.25) is 4.90 Å². The molecule has 1 saturated heterocycles. The van der Waals surface area contributed by atoms with E-state index in [0.717, 1.165) is 34.2 Å². The molecule has 0 amide bonds. The SMILES string of the molecule is Fc1ccc(-c2cn3nc(NCC4CCN(CC(F)(F)F)CC4)sc3n2)cc1. The molecule has 1 aliphatic rings. The van der Waals surface area contributed by atoms with Gasteiger partial charge in [0, 0.05) is 12.1 Å². The average Bonchev–Trinajstić information content (AvgIpc) is 3.19. The van der Waals surface area contributed by atoms with E-state index in [4.69, 9.17) is 0 Å². The molecule has 4 rings (SSSR count). The highest BCUT2D eigenvalue weighted by Gasteiger charge is 2.32. The minimum Gasteiger partial charge on any atom is -0.360 e. The molecule has 1 aliphatic heterocycles. The first-order chi connectivity index (χ1) is 13.4. The molecule has 10 heteroatoms. The lowest BCUT2D eigenvalue weighted by atomic mass is 9.97. The molecule has 150 valence electrons. The van der Waals surface area contributed by atoms with Crippen molar-refractivity contribution in [2.75, 3.05) is 31.5 Å². The van der Waals surface area contributed by atoms with Crippen LogP contribution >= 0.6 is 11.3 Å². The number of likely N-dealkylation sites (tertiary alicyclic amines) is 1. The molecule has 0 bridgehead atoms. The fourth-order valence-electron chi connectivity index (χ4n) is 3.37. The van der Waals surface area contributed by atoms with Crippen LogP contribution < -0.4 is 5.32 Å². The van der Waals surface area contributed by atoms with Crippen molar-refractivity contribution in [2.45, 2.75) is 19.0 Å². The normalized spacial score (nSPS) is 16.7. The zero-order valence-corrected chi connectivity index (χ0v) is 15.7. The molecule has 0 aliphatic carbocycles. The van der Waals surface area contributed by atoms with Crippen LogP contribution in [0.25, 0.3) is 16.2 Å². The van der Waals surface area contributed by atoms with E-state index >= 15 is 0 Å². The molecule has 0 spiro atoms. The van der Waals surface area contributed by atoms with Crippen LogP contribution in [-0.2, 0) is 0 Å². The summed E-state index contributed by atoms with van der Waals surface area (Å²) >= 11 is 1.41. The van der Waals surface area contributed by atoms with Crippen molar-refractivity contribution >= 4 is 21.4 Å². The summed E-state index contributed by atoms with van der Waals surface area (Å²) in [5.41, 5.74) is 1.54. The summed E-state index contributed by atoms with van der Waals surface area (Å²) in [6, 6.07) is 6.13. The molecule has 3 heterocycles. The molecule has 2 aromatic heterocycles. The molecule has 0 saturated carbocycles. The molecule has 28 heavy (non-hydrogen) atoms. The van der Waals surface area contributed by atoms with Gasteiger partial charge in [-0.25, -0.2) is 13.9 Å². The molecule has 0 unspecified atom stereocenters. The summed E-state index contributed by atoms with van der Waals surface area (Å²) in [6.45, 7) is 0.788. The van der Waals surface area contributed by atoms with Crippen LogP contribution in [0.3, 0.4) is 0 Å². The van der Waals surface area contributed by atoms with E-state index in [1.54, 1.807) is 22.8 Å². The van der Waals surface area contributed by atoms with Gasteiger partial charge in [0.1, 0.15) is 5.82 Å². The van der Waals surface area contributed by atoms with Gasteiger partial charge in [-0.15, -0.1) is 5.10 Å². The number of rotatable bonds is 5. The molecule has 0 atom stereocenters. The zero-order chi connectivity index (χ0) is 19.7. The lowest BCUT2D eigenvalue weighted by Gasteiger charge is -2.32. The summed E-state index contributed by atoms with van der Waals surface area (Å²) in [6.07, 6.45) is -0.867. The molecular weight excluding hydrogens is 394 g/mol. The third-order valence-electron chi connectivity index (χ3n) is 4.84. The highest BCUT2D eigenvalue weighted by atomic mass is 32.1. The van der Waals surface area contributed by atoms with E-state index in [2.05, 4.69) is 15.4 Å². The van der Waals surface area contributed by atoms with Crippen LogP contribution in [0.5, 0.6) is 0 Å². The van der Waals surface area contributed by atoms with E-state index in [1.165, 1.54) is 28.4 Å². The van der Waals surface area contributed by atoms with Crippen LogP contribution in [0.4, 0.5) is 22.7 Å². The summed E-state index contributed by atoms with van der Waals surface area (Å²) < 4.78 is 52.1. The van der Waals surface area contributed by atoms with E-state index in [9.17, 15) is 17.6 Å². The number of fused-ring (bicyclic) bond motifs is 1. The third kappa shape index (κ3) is 4.61. The van der Waals surface area contributed by atoms with Crippen molar-refractivity contribution < 1.29 is 17.6 Å². The second-order valence-corrected chi connectivity index (χ2v) is 7.94. The van der Waals surface area contributed by atoms with Crippen molar-refractivity contribution in [3.63, 3.8) is 0 Å². The minimum atomic E-state index is -4.13. The van der Waals surface area contributed by atoms with Gasteiger partial charge in [-0.05, 0) is 56.1 Å². The Hall–Kier alpha value is -2.20. The first-order valence-electron chi connectivity index (χ1n) is 9.01. The van der Waals surface area contributed by atoms with Crippen LogP contribution in [0.2, 0.25) is 0 Å². The minimum absolute atomic E-state index is 0.293. The maximum Gasteiger partial charge on any atom is 0.401 e. The lowest BCUT2D eigenvalue weighted by Crippen LogP contribution is -2.41. The smallest absolute Gasteiger partial charge is 0.360 e. The van der Waals surface area contributed by atoms with Crippen molar-refractivity contribution in [1.82, 2.24) is 19.5 Å². The Kier molecular flexibility index (Phi) is 5.24. The molecule has 1 N–H and O–H groups in total. The van der Waals surface area contributed by atoms with Gasteiger partial charge in [0.05, 0.1) is 18.4 Å². The topological polar surface area (TPSA) is 45.5 Å². The number of aromatic nitrogens is 3. The summed E-state index contributed by atoms with van der Waals surface area (Å²) in [5, 5.41) is 8.46. The Labute approximate surface area is 163 Å². The quantitative estimate of drug-likeness (QED) is 0.634. The van der Waals surface area contributed by atoms with Crippen molar-refractivity contribution in [3.8, 4) is 11.3 Å². The number of hydrogen-bond acceptors (Lipinski definition) is 5. The highest BCUT2D eigenvalue weighted by Crippen LogP contribution is 2.26. The summed E-state index contributed by atoms with van der Waals surface area (Å²) in [5.74, 6) is 0.0362. The number of nitrogens with one attached hydrogen (secondary N) is 1. The van der Waals surface area contributed by atoms with E-state index in [1.807, 2.05) is 0 Å². The van der Waals surface area contributed by atoms with Crippen LogP contribution in [0, 0.1) is 11.7 Å². The number of halogens is 4. The fourth-order valence-corrected chi connectivity index (χ4v) is 4.15. The molecule has 0 radical (unpaired) electrons. The van der Waals surface area contributed by atoms with Gasteiger partial charge in [0.2, 0.25) is 10.1 Å². The number of nitrogens with zero attached hydrogens (tertiary/aromatic N) is 4. The summed E-state index contributed by atoms with van der Waals surface area (Å²) in [4.78, 5) is 6.70. The number of anilines is 1. The van der Waals surface area contributed by atoms with Gasteiger partial charge < -0.3 is 5.32 Å². The van der Waals surface area contributed by atoms with Gasteiger partial charge in [0.25, 0.3) is 0 Å².